The summed E-state index contributed by atoms with van der Waals surface area (Å²) in [5.41, 5.74) is 1.21. The van der Waals surface area contributed by atoms with Crippen LogP contribution in [0, 0.1) is 0 Å². The lowest BCUT2D eigenvalue weighted by molar-refractivity contribution is -0.137. The van der Waals surface area contributed by atoms with Crippen molar-refractivity contribution in [3.05, 3.63) is 102 Å². The van der Waals surface area contributed by atoms with Crippen LogP contribution in [0.4, 0.5) is 13.2 Å². The van der Waals surface area contributed by atoms with Crippen molar-refractivity contribution < 1.29 is 13.2 Å². The summed E-state index contributed by atoms with van der Waals surface area (Å²) in [6, 6.07) is 20.1. The van der Waals surface area contributed by atoms with Gasteiger partial charge < -0.3 is 4.57 Å². The Labute approximate surface area is 171 Å². The molecule has 0 saturated carbocycles. The highest BCUT2D eigenvalue weighted by molar-refractivity contribution is 7.98. The molecule has 6 heteroatoms. The van der Waals surface area contributed by atoms with E-state index in [1.165, 1.54) is 17.5 Å². The third kappa shape index (κ3) is 4.82. The van der Waals surface area contributed by atoms with E-state index in [9.17, 15) is 13.2 Å². The Morgan fingerprint density at radius 2 is 1.76 bits per heavy atom. The molecule has 0 amide bonds. The van der Waals surface area contributed by atoms with E-state index in [1.807, 2.05) is 22.9 Å². The molecule has 0 spiro atoms. The Hall–Kier alpha value is -2.73. The molecule has 4 aromatic rings. The van der Waals surface area contributed by atoms with Crippen LogP contribution in [-0.2, 0) is 18.5 Å². The Balaban J connectivity index is 1.59. The Kier molecular flexibility index (Phi) is 5.62. The first-order valence-electron chi connectivity index (χ1n) is 9.21. The molecule has 1 atom stereocenters. The van der Waals surface area contributed by atoms with Crippen LogP contribution < -0.4 is 0 Å². The fourth-order valence-electron chi connectivity index (χ4n) is 3.28. The fraction of sp³-hybridized carbons (Fsp3) is 0.174. The number of aromatic nitrogens is 2. The molecule has 0 aliphatic carbocycles. The van der Waals surface area contributed by atoms with E-state index < -0.39 is 11.7 Å². The predicted molar refractivity (Wildman–Crippen MR) is 112 cm³/mol. The number of rotatable bonds is 6. The lowest BCUT2D eigenvalue weighted by Crippen LogP contribution is -2.07. The molecule has 148 valence electrons. The molecule has 0 radical (unpaired) electrons. The number of thioether (sulfide) groups is 1. The lowest BCUT2D eigenvalue weighted by atomic mass is 10.0. The van der Waals surface area contributed by atoms with E-state index in [0.29, 0.717) is 17.9 Å². The summed E-state index contributed by atoms with van der Waals surface area (Å²) >= 11 is 1.64. The maximum atomic E-state index is 13.0. The minimum atomic E-state index is -4.32. The average molecular weight is 412 g/mol. The number of alkyl halides is 3. The fourth-order valence-corrected chi connectivity index (χ4v) is 4.47. The number of benzene rings is 3. The smallest absolute Gasteiger partial charge is 0.336 e. The molecule has 1 heterocycles. The van der Waals surface area contributed by atoms with Crippen LogP contribution in [0.3, 0.4) is 0 Å². The van der Waals surface area contributed by atoms with Gasteiger partial charge in [0.15, 0.2) is 0 Å². The quantitative estimate of drug-likeness (QED) is 0.349. The van der Waals surface area contributed by atoms with E-state index in [0.717, 1.165) is 17.0 Å². The van der Waals surface area contributed by atoms with Crippen molar-refractivity contribution >= 4 is 22.5 Å². The third-order valence-electron chi connectivity index (χ3n) is 4.79. The van der Waals surface area contributed by atoms with Crippen molar-refractivity contribution in [2.45, 2.75) is 23.7 Å². The zero-order valence-corrected chi connectivity index (χ0v) is 16.3. The van der Waals surface area contributed by atoms with Gasteiger partial charge in [-0.25, -0.2) is 4.98 Å². The summed E-state index contributed by atoms with van der Waals surface area (Å²) in [5.74, 6) is 0.496. The summed E-state index contributed by atoms with van der Waals surface area (Å²) in [4.78, 5) is 4.10. The SMILES string of the molecule is FC(F)(F)c1cccc(CSC(Cn2ccnc2)c2ccc3ccccc3c2)c1. The second-order valence-corrected chi connectivity index (χ2v) is 8.05. The molecule has 0 saturated heterocycles. The first-order chi connectivity index (χ1) is 14.0. The van der Waals surface area contributed by atoms with Crippen molar-refractivity contribution in [1.29, 1.82) is 0 Å². The number of hydrogen-bond acceptors (Lipinski definition) is 2. The van der Waals surface area contributed by atoms with Gasteiger partial charge in [-0.1, -0.05) is 54.6 Å². The zero-order chi connectivity index (χ0) is 20.3. The third-order valence-corrected chi connectivity index (χ3v) is 6.11. The van der Waals surface area contributed by atoms with Crippen molar-refractivity contribution in [2.75, 3.05) is 0 Å². The van der Waals surface area contributed by atoms with Gasteiger partial charge in [0.05, 0.1) is 11.9 Å². The maximum Gasteiger partial charge on any atom is 0.416 e. The van der Waals surface area contributed by atoms with E-state index in [-0.39, 0.29) is 5.25 Å². The van der Waals surface area contributed by atoms with Crippen molar-refractivity contribution in [3.63, 3.8) is 0 Å². The minimum absolute atomic E-state index is 0.0864. The van der Waals surface area contributed by atoms with Crippen LogP contribution in [-0.4, -0.2) is 9.55 Å². The maximum absolute atomic E-state index is 13.0. The Morgan fingerprint density at radius 1 is 0.931 bits per heavy atom. The number of imidazole rings is 1. The summed E-state index contributed by atoms with van der Waals surface area (Å²) in [6.07, 6.45) is 1.07. The molecular weight excluding hydrogens is 393 g/mol. The van der Waals surface area contributed by atoms with Crippen molar-refractivity contribution in [2.24, 2.45) is 0 Å². The van der Waals surface area contributed by atoms with Crippen LogP contribution in [0.1, 0.15) is 21.9 Å². The molecule has 1 unspecified atom stereocenters. The Morgan fingerprint density at radius 3 is 2.52 bits per heavy atom. The van der Waals surface area contributed by atoms with E-state index >= 15 is 0 Å². The average Bonchev–Trinajstić information content (AvgIpc) is 3.23. The molecule has 0 fully saturated rings. The Bertz CT molecular complexity index is 1090. The molecule has 0 N–H and O–H groups in total. The summed E-state index contributed by atoms with van der Waals surface area (Å²) in [5, 5.41) is 2.41. The zero-order valence-electron chi connectivity index (χ0n) is 15.5. The largest absolute Gasteiger partial charge is 0.416 e. The highest BCUT2D eigenvalue weighted by atomic mass is 32.2. The van der Waals surface area contributed by atoms with Crippen LogP contribution in [0.5, 0.6) is 0 Å². The van der Waals surface area contributed by atoms with Gasteiger partial charge in [-0.2, -0.15) is 13.2 Å². The topological polar surface area (TPSA) is 17.8 Å². The molecule has 4 rings (SSSR count). The van der Waals surface area contributed by atoms with Gasteiger partial charge >= 0.3 is 6.18 Å². The van der Waals surface area contributed by atoms with E-state index in [4.69, 9.17) is 0 Å². The normalized spacial score (nSPS) is 12.9. The van der Waals surface area contributed by atoms with Crippen LogP contribution in [0.2, 0.25) is 0 Å². The predicted octanol–water partition coefficient (Wildman–Crippen LogP) is 6.73. The van der Waals surface area contributed by atoms with Crippen molar-refractivity contribution in [1.82, 2.24) is 9.55 Å². The van der Waals surface area contributed by atoms with Crippen LogP contribution >= 0.6 is 11.8 Å². The van der Waals surface area contributed by atoms with Gasteiger partial charge in [-0.15, -0.1) is 11.8 Å². The van der Waals surface area contributed by atoms with Gasteiger partial charge in [0, 0.05) is 29.9 Å². The second-order valence-electron chi connectivity index (χ2n) is 6.86. The van der Waals surface area contributed by atoms with Crippen LogP contribution in [0.25, 0.3) is 10.8 Å². The van der Waals surface area contributed by atoms with E-state index in [2.05, 4.69) is 35.3 Å². The first-order valence-corrected chi connectivity index (χ1v) is 10.3. The number of hydrogen-bond donors (Lipinski definition) is 0. The molecule has 1 aromatic heterocycles. The number of halogens is 3. The van der Waals surface area contributed by atoms with Crippen molar-refractivity contribution in [3.8, 4) is 0 Å². The summed E-state index contributed by atoms with van der Waals surface area (Å²) in [6.45, 7) is 0.696. The van der Waals surface area contributed by atoms with Gasteiger partial charge in [-0.3, -0.25) is 0 Å². The number of fused-ring (bicyclic) bond motifs is 1. The molecule has 29 heavy (non-hydrogen) atoms. The lowest BCUT2D eigenvalue weighted by Gasteiger charge is -2.19. The minimum Gasteiger partial charge on any atom is -0.336 e. The summed E-state index contributed by atoms with van der Waals surface area (Å²) in [7, 11) is 0. The molecular formula is C23H19F3N2S. The highest BCUT2D eigenvalue weighted by Crippen LogP contribution is 2.36. The standard InChI is InChI=1S/C23H19F3N2S/c24-23(25,26)21-7-3-4-17(12-21)15-29-22(14-28-11-10-27-16-28)20-9-8-18-5-1-2-6-19(18)13-20/h1-13,16,22H,14-15H2. The van der Waals surface area contributed by atoms with Gasteiger partial charge in [-0.05, 0) is 34.0 Å². The first kappa shape index (κ1) is 19.6. The monoisotopic (exact) mass is 412 g/mol. The molecule has 2 nitrogen and oxygen atoms in total. The molecule has 0 aliphatic heterocycles. The van der Waals surface area contributed by atoms with Gasteiger partial charge in [0.25, 0.3) is 0 Å². The van der Waals surface area contributed by atoms with Gasteiger partial charge in [0.1, 0.15) is 0 Å². The number of nitrogens with zero attached hydrogens (tertiary/aromatic N) is 2. The molecule has 0 aliphatic rings. The van der Waals surface area contributed by atoms with E-state index in [1.54, 1.807) is 30.4 Å². The highest BCUT2D eigenvalue weighted by Gasteiger charge is 2.30. The summed E-state index contributed by atoms with van der Waals surface area (Å²) < 4.78 is 41.0. The molecule has 3 aromatic carbocycles. The van der Waals surface area contributed by atoms with Crippen LogP contribution in [0.15, 0.2) is 85.5 Å². The molecule has 0 bridgehead atoms. The van der Waals surface area contributed by atoms with Gasteiger partial charge in [0.2, 0.25) is 0 Å². The second kappa shape index (κ2) is 8.33.